The molecule has 1 saturated heterocycles. The summed E-state index contributed by atoms with van der Waals surface area (Å²) in [7, 11) is -3.75. The van der Waals surface area contributed by atoms with Gasteiger partial charge in [-0.1, -0.05) is 0 Å². The van der Waals surface area contributed by atoms with Gasteiger partial charge in [-0.2, -0.15) is 4.98 Å². The summed E-state index contributed by atoms with van der Waals surface area (Å²) in [5, 5.41) is 8.02. The van der Waals surface area contributed by atoms with Crippen LogP contribution in [-0.4, -0.2) is 43.7 Å². The second-order valence-corrected chi connectivity index (χ2v) is 8.07. The van der Waals surface area contributed by atoms with E-state index in [9.17, 15) is 12.8 Å². The van der Waals surface area contributed by atoms with Gasteiger partial charge in [-0.15, -0.1) is 0 Å². The first kappa shape index (κ1) is 17.1. The zero-order valence-electron chi connectivity index (χ0n) is 13.9. The van der Waals surface area contributed by atoms with Crippen molar-refractivity contribution in [1.82, 2.24) is 9.97 Å². The van der Waals surface area contributed by atoms with E-state index < -0.39 is 15.8 Å². The molecule has 1 aliphatic heterocycles. The lowest BCUT2D eigenvalue weighted by Gasteiger charge is -2.34. The van der Waals surface area contributed by atoms with E-state index in [0.29, 0.717) is 25.4 Å². The molecular weight excluding hydrogens is 361 g/mol. The van der Waals surface area contributed by atoms with Crippen LogP contribution in [0.2, 0.25) is 0 Å². The van der Waals surface area contributed by atoms with Crippen LogP contribution in [0.5, 0.6) is 0 Å². The molecule has 2 heterocycles. The predicted octanol–water partition coefficient (Wildman–Crippen LogP) is 1.38. The summed E-state index contributed by atoms with van der Waals surface area (Å²) in [6.07, 6.45) is 3.09. The van der Waals surface area contributed by atoms with Crippen LogP contribution >= 0.6 is 0 Å². The molecule has 1 aromatic heterocycles. The van der Waals surface area contributed by atoms with E-state index >= 15 is 0 Å². The topological polar surface area (TPSA) is 110 Å². The minimum atomic E-state index is -3.75. The van der Waals surface area contributed by atoms with Gasteiger partial charge in [-0.3, -0.25) is 0 Å². The summed E-state index contributed by atoms with van der Waals surface area (Å²) in [5.41, 5.74) is 0.419. The Bertz CT molecular complexity index is 931. The molecule has 0 amide bonds. The van der Waals surface area contributed by atoms with Crippen LogP contribution in [0.15, 0.2) is 35.4 Å². The van der Waals surface area contributed by atoms with E-state index in [2.05, 4.69) is 15.3 Å². The van der Waals surface area contributed by atoms with Gasteiger partial charge < -0.3 is 15.0 Å². The SMILES string of the molecule is NS(=O)(=O)c1ccc(Nc2ncc(F)c(N3CCOC4(CC4)C3)n2)cc1. The lowest BCUT2D eigenvalue weighted by atomic mass is 10.2. The number of nitrogens with zero attached hydrogens (tertiary/aromatic N) is 3. The zero-order chi connectivity index (χ0) is 18.4. The number of hydrogen-bond donors (Lipinski definition) is 2. The molecule has 26 heavy (non-hydrogen) atoms. The maximum atomic E-state index is 14.2. The van der Waals surface area contributed by atoms with Crippen molar-refractivity contribution in [3.05, 3.63) is 36.3 Å². The summed E-state index contributed by atoms with van der Waals surface area (Å²) >= 11 is 0. The van der Waals surface area contributed by atoms with E-state index in [-0.39, 0.29) is 22.3 Å². The van der Waals surface area contributed by atoms with Crippen molar-refractivity contribution in [2.75, 3.05) is 29.9 Å². The Morgan fingerprint density at radius 2 is 2.00 bits per heavy atom. The highest BCUT2D eigenvalue weighted by Crippen LogP contribution is 2.42. The summed E-state index contributed by atoms with van der Waals surface area (Å²) in [4.78, 5) is 10.1. The number of aromatic nitrogens is 2. The van der Waals surface area contributed by atoms with Gasteiger partial charge in [0.2, 0.25) is 16.0 Å². The molecule has 3 N–H and O–H groups in total. The molecule has 2 aliphatic rings. The van der Waals surface area contributed by atoms with Gasteiger partial charge in [0.05, 0.1) is 23.3 Å². The normalized spacial score (nSPS) is 18.8. The molecule has 1 spiro atoms. The Balaban J connectivity index is 1.54. The summed E-state index contributed by atoms with van der Waals surface area (Å²) in [5.74, 6) is -0.0304. The van der Waals surface area contributed by atoms with E-state index in [0.717, 1.165) is 19.0 Å². The van der Waals surface area contributed by atoms with E-state index in [1.54, 1.807) is 12.1 Å². The van der Waals surface area contributed by atoms with Crippen molar-refractivity contribution >= 4 is 27.5 Å². The smallest absolute Gasteiger partial charge is 0.238 e. The van der Waals surface area contributed by atoms with E-state index in [1.165, 1.54) is 12.1 Å². The fraction of sp³-hybridized carbons (Fsp3) is 0.375. The first-order valence-electron chi connectivity index (χ1n) is 8.16. The summed E-state index contributed by atoms with van der Waals surface area (Å²) in [6.45, 7) is 1.73. The number of sulfonamides is 1. The number of nitrogens with two attached hydrogens (primary N) is 1. The number of morpholine rings is 1. The monoisotopic (exact) mass is 379 g/mol. The third kappa shape index (κ3) is 3.48. The quantitative estimate of drug-likeness (QED) is 0.825. The lowest BCUT2D eigenvalue weighted by Crippen LogP contribution is -2.44. The first-order valence-corrected chi connectivity index (χ1v) is 9.71. The number of rotatable bonds is 4. The molecule has 2 fully saturated rings. The molecule has 1 saturated carbocycles. The zero-order valence-corrected chi connectivity index (χ0v) is 14.7. The van der Waals surface area contributed by atoms with Crippen LogP contribution in [0.25, 0.3) is 0 Å². The molecule has 0 atom stereocenters. The second kappa shape index (κ2) is 6.15. The standard InChI is InChI=1S/C16H18FN5O3S/c17-13-9-19-15(20-11-1-3-12(4-2-11)26(18,23)24)21-14(13)22-7-8-25-16(10-22)5-6-16/h1-4,9H,5-8,10H2,(H2,18,23,24)(H,19,20,21). The minimum Gasteiger partial charge on any atom is -0.371 e. The van der Waals surface area contributed by atoms with Crippen molar-refractivity contribution in [3.63, 3.8) is 0 Å². The average Bonchev–Trinajstić information content (AvgIpc) is 3.35. The first-order chi connectivity index (χ1) is 12.3. The average molecular weight is 379 g/mol. The number of halogens is 1. The summed E-state index contributed by atoms with van der Waals surface area (Å²) < 4.78 is 42.6. The fourth-order valence-corrected chi connectivity index (χ4v) is 3.48. The minimum absolute atomic E-state index is 0.00631. The van der Waals surface area contributed by atoms with E-state index in [4.69, 9.17) is 9.88 Å². The van der Waals surface area contributed by atoms with Gasteiger partial charge in [0, 0.05) is 18.8 Å². The largest absolute Gasteiger partial charge is 0.371 e. The molecule has 0 bridgehead atoms. The van der Waals surface area contributed by atoms with Gasteiger partial charge in [0.1, 0.15) is 0 Å². The lowest BCUT2D eigenvalue weighted by molar-refractivity contribution is 0.0201. The van der Waals surface area contributed by atoms with E-state index in [1.807, 2.05) is 4.90 Å². The predicted molar refractivity (Wildman–Crippen MR) is 93.2 cm³/mol. The molecule has 4 rings (SSSR count). The summed E-state index contributed by atoms with van der Waals surface area (Å²) in [6, 6.07) is 5.84. The van der Waals surface area contributed by atoms with Gasteiger partial charge >= 0.3 is 0 Å². The molecule has 10 heteroatoms. The fourth-order valence-electron chi connectivity index (χ4n) is 2.96. The highest BCUT2D eigenvalue weighted by atomic mass is 32.2. The highest BCUT2D eigenvalue weighted by molar-refractivity contribution is 7.89. The maximum Gasteiger partial charge on any atom is 0.238 e. The molecule has 1 aromatic carbocycles. The molecule has 0 radical (unpaired) electrons. The highest BCUT2D eigenvalue weighted by Gasteiger charge is 2.48. The van der Waals surface area contributed by atoms with Crippen molar-refractivity contribution < 1.29 is 17.5 Å². The van der Waals surface area contributed by atoms with Crippen molar-refractivity contribution in [1.29, 1.82) is 0 Å². The van der Waals surface area contributed by atoms with Crippen LogP contribution in [0.1, 0.15) is 12.8 Å². The Morgan fingerprint density at radius 1 is 1.27 bits per heavy atom. The molecule has 138 valence electrons. The van der Waals surface area contributed by atoms with Gasteiger partial charge in [-0.25, -0.2) is 22.9 Å². The van der Waals surface area contributed by atoms with Crippen LogP contribution < -0.4 is 15.4 Å². The van der Waals surface area contributed by atoms with Gasteiger partial charge in [-0.05, 0) is 37.1 Å². The molecule has 8 nitrogen and oxygen atoms in total. The number of anilines is 3. The molecule has 0 unspecified atom stereocenters. The molecule has 1 aliphatic carbocycles. The number of primary sulfonamides is 1. The van der Waals surface area contributed by atoms with Gasteiger partial charge in [0.25, 0.3) is 0 Å². The van der Waals surface area contributed by atoms with Crippen LogP contribution in [0, 0.1) is 5.82 Å². The maximum absolute atomic E-state index is 14.2. The Morgan fingerprint density at radius 3 is 2.65 bits per heavy atom. The Hall–Kier alpha value is -2.30. The number of hydrogen-bond acceptors (Lipinski definition) is 7. The third-order valence-corrected chi connectivity index (χ3v) is 5.45. The number of ether oxygens (including phenoxy) is 1. The van der Waals surface area contributed by atoms with Crippen LogP contribution in [0.3, 0.4) is 0 Å². The van der Waals surface area contributed by atoms with Crippen molar-refractivity contribution in [3.8, 4) is 0 Å². The van der Waals surface area contributed by atoms with Crippen molar-refractivity contribution in [2.45, 2.75) is 23.3 Å². The van der Waals surface area contributed by atoms with Gasteiger partial charge in [0.15, 0.2) is 11.6 Å². The Labute approximate surface area is 150 Å². The Kier molecular flexibility index (Phi) is 4.05. The number of benzene rings is 1. The van der Waals surface area contributed by atoms with Crippen molar-refractivity contribution in [2.24, 2.45) is 5.14 Å². The van der Waals surface area contributed by atoms with Crippen LogP contribution in [-0.2, 0) is 14.8 Å². The second-order valence-electron chi connectivity index (χ2n) is 6.51. The van der Waals surface area contributed by atoms with Crippen LogP contribution in [0.4, 0.5) is 21.8 Å². The molecular formula is C16H18FN5O3S. The third-order valence-electron chi connectivity index (χ3n) is 4.52. The number of nitrogens with one attached hydrogen (secondary N) is 1. The molecule has 2 aromatic rings.